The first-order valence-corrected chi connectivity index (χ1v) is 10.3. The Morgan fingerprint density at radius 3 is 2.70 bits per heavy atom. The summed E-state index contributed by atoms with van der Waals surface area (Å²) in [7, 11) is 3.37. The maximum Gasteiger partial charge on any atom is 0.340 e. The minimum Gasteiger partial charge on any atom is -0.497 e. The Kier molecular flexibility index (Phi) is 5.68. The number of aromatic amines is 1. The Morgan fingerprint density at radius 1 is 1.13 bits per heavy atom. The number of carbonyl (C=O) groups is 1. The molecule has 0 radical (unpaired) electrons. The summed E-state index contributed by atoms with van der Waals surface area (Å²) in [5, 5.41) is 0.894. The second kappa shape index (κ2) is 8.40. The standard InChI is InChI=1S/C24H28N2O4/c1-5-30-24(27)22-15(2)25-20-8-9-21(29-4)19(23(20)22)14-26-11-10-16-12-18(28-3)7-6-17(16)13-26/h6-9,12,25H,5,10-11,13-14H2,1-4H3. The number of ether oxygens (including phenoxy) is 3. The highest BCUT2D eigenvalue weighted by Crippen LogP contribution is 2.35. The second-order valence-electron chi connectivity index (χ2n) is 7.61. The van der Waals surface area contributed by atoms with Crippen LogP contribution in [0.5, 0.6) is 11.5 Å². The number of carbonyl (C=O) groups excluding carboxylic acids is 1. The summed E-state index contributed by atoms with van der Waals surface area (Å²) in [5.41, 5.74) is 5.99. The summed E-state index contributed by atoms with van der Waals surface area (Å²) in [5.74, 6) is 1.38. The number of H-pyrrole nitrogens is 1. The molecule has 6 nitrogen and oxygen atoms in total. The average Bonchev–Trinajstić information content (AvgIpc) is 3.10. The number of esters is 1. The molecule has 6 heteroatoms. The largest absolute Gasteiger partial charge is 0.497 e. The number of nitrogens with one attached hydrogen (secondary N) is 1. The van der Waals surface area contributed by atoms with E-state index in [2.05, 4.69) is 22.0 Å². The van der Waals surface area contributed by atoms with Crippen molar-refractivity contribution in [3.63, 3.8) is 0 Å². The number of methoxy groups -OCH3 is 2. The predicted molar refractivity (Wildman–Crippen MR) is 116 cm³/mol. The van der Waals surface area contributed by atoms with Gasteiger partial charge in [0.25, 0.3) is 0 Å². The molecule has 2 aromatic carbocycles. The van der Waals surface area contributed by atoms with E-state index in [1.807, 2.05) is 32.0 Å². The van der Waals surface area contributed by atoms with E-state index in [0.717, 1.165) is 53.2 Å². The van der Waals surface area contributed by atoms with E-state index < -0.39 is 0 Å². The van der Waals surface area contributed by atoms with Crippen molar-refractivity contribution in [2.75, 3.05) is 27.4 Å². The molecule has 2 heterocycles. The highest BCUT2D eigenvalue weighted by atomic mass is 16.5. The van der Waals surface area contributed by atoms with Gasteiger partial charge in [0.15, 0.2) is 0 Å². The Labute approximate surface area is 176 Å². The van der Waals surface area contributed by atoms with Crippen LogP contribution in [0, 0.1) is 6.92 Å². The predicted octanol–water partition coefficient (Wildman–Crippen LogP) is 4.23. The molecular weight excluding hydrogens is 380 g/mol. The number of aryl methyl sites for hydroxylation is 1. The van der Waals surface area contributed by atoms with Crippen molar-refractivity contribution in [3.8, 4) is 11.5 Å². The van der Waals surface area contributed by atoms with E-state index in [4.69, 9.17) is 14.2 Å². The fraction of sp³-hybridized carbons (Fsp3) is 0.375. The summed E-state index contributed by atoms with van der Waals surface area (Å²) in [6, 6.07) is 10.2. The summed E-state index contributed by atoms with van der Waals surface area (Å²) in [6.07, 6.45) is 0.960. The van der Waals surface area contributed by atoms with Gasteiger partial charge in [-0.25, -0.2) is 4.79 Å². The first kappa shape index (κ1) is 20.3. The van der Waals surface area contributed by atoms with Gasteiger partial charge in [-0.2, -0.15) is 0 Å². The van der Waals surface area contributed by atoms with Crippen LogP contribution in [0.2, 0.25) is 0 Å². The van der Waals surface area contributed by atoms with Gasteiger partial charge >= 0.3 is 5.97 Å². The van der Waals surface area contributed by atoms with E-state index in [1.165, 1.54) is 11.1 Å². The summed E-state index contributed by atoms with van der Waals surface area (Å²) < 4.78 is 16.4. The molecule has 3 aromatic rings. The lowest BCUT2D eigenvalue weighted by molar-refractivity contribution is 0.0527. The minimum atomic E-state index is -0.299. The molecule has 0 unspecified atom stereocenters. The van der Waals surface area contributed by atoms with Crippen molar-refractivity contribution in [1.82, 2.24) is 9.88 Å². The van der Waals surface area contributed by atoms with Crippen molar-refractivity contribution in [2.45, 2.75) is 33.4 Å². The molecule has 30 heavy (non-hydrogen) atoms. The Hall–Kier alpha value is -2.99. The van der Waals surface area contributed by atoms with Gasteiger partial charge in [-0.05, 0) is 55.7 Å². The van der Waals surface area contributed by atoms with Gasteiger partial charge in [-0.15, -0.1) is 0 Å². The SMILES string of the molecule is CCOC(=O)c1c(C)[nH]c2ccc(OC)c(CN3CCc4cc(OC)ccc4C3)c12. The zero-order valence-corrected chi connectivity index (χ0v) is 18.0. The first-order valence-electron chi connectivity index (χ1n) is 10.3. The molecule has 158 valence electrons. The molecule has 0 bridgehead atoms. The van der Waals surface area contributed by atoms with Crippen molar-refractivity contribution < 1.29 is 19.0 Å². The van der Waals surface area contributed by atoms with E-state index >= 15 is 0 Å². The van der Waals surface area contributed by atoms with Crippen molar-refractivity contribution in [2.24, 2.45) is 0 Å². The lowest BCUT2D eigenvalue weighted by Gasteiger charge is -2.29. The topological polar surface area (TPSA) is 63.8 Å². The highest BCUT2D eigenvalue weighted by Gasteiger charge is 2.25. The van der Waals surface area contributed by atoms with Crippen LogP contribution in [-0.4, -0.2) is 43.2 Å². The van der Waals surface area contributed by atoms with Gasteiger partial charge in [0.2, 0.25) is 0 Å². The number of fused-ring (bicyclic) bond motifs is 2. The van der Waals surface area contributed by atoms with Crippen LogP contribution in [0.4, 0.5) is 0 Å². The van der Waals surface area contributed by atoms with Crippen molar-refractivity contribution in [1.29, 1.82) is 0 Å². The van der Waals surface area contributed by atoms with Crippen LogP contribution in [0.3, 0.4) is 0 Å². The first-order chi connectivity index (χ1) is 14.5. The fourth-order valence-electron chi connectivity index (χ4n) is 4.35. The van der Waals surface area contributed by atoms with Gasteiger partial charge in [0.1, 0.15) is 11.5 Å². The number of aromatic nitrogens is 1. The number of benzene rings is 2. The molecule has 1 N–H and O–H groups in total. The van der Waals surface area contributed by atoms with E-state index in [0.29, 0.717) is 18.7 Å². The third-order valence-electron chi connectivity index (χ3n) is 5.80. The Balaban J connectivity index is 1.72. The minimum absolute atomic E-state index is 0.299. The molecule has 0 aliphatic carbocycles. The number of hydrogen-bond acceptors (Lipinski definition) is 5. The summed E-state index contributed by atoms with van der Waals surface area (Å²) in [4.78, 5) is 18.4. The van der Waals surface area contributed by atoms with Crippen LogP contribution in [0.15, 0.2) is 30.3 Å². The molecule has 0 amide bonds. The summed E-state index contributed by atoms with van der Waals surface area (Å²) in [6.45, 7) is 6.54. The molecule has 0 saturated carbocycles. The second-order valence-corrected chi connectivity index (χ2v) is 7.61. The van der Waals surface area contributed by atoms with E-state index in [9.17, 15) is 4.79 Å². The van der Waals surface area contributed by atoms with E-state index in [1.54, 1.807) is 14.2 Å². The molecule has 1 aliphatic heterocycles. The maximum absolute atomic E-state index is 12.7. The van der Waals surface area contributed by atoms with Crippen LogP contribution in [0.1, 0.15) is 39.7 Å². The zero-order chi connectivity index (χ0) is 21.3. The van der Waals surface area contributed by atoms with Crippen LogP contribution in [-0.2, 0) is 24.2 Å². The number of hydrogen-bond donors (Lipinski definition) is 1. The Bertz CT molecular complexity index is 1090. The van der Waals surface area contributed by atoms with E-state index in [-0.39, 0.29) is 5.97 Å². The maximum atomic E-state index is 12.7. The van der Waals surface area contributed by atoms with Gasteiger partial charge < -0.3 is 19.2 Å². The van der Waals surface area contributed by atoms with Gasteiger partial charge in [-0.3, -0.25) is 4.90 Å². The molecule has 4 rings (SSSR count). The number of rotatable bonds is 6. The van der Waals surface area contributed by atoms with Gasteiger partial charge in [-0.1, -0.05) is 6.07 Å². The third kappa shape index (κ3) is 3.63. The van der Waals surface area contributed by atoms with Crippen molar-refractivity contribution in [3.05, 3.63) is 58.3 Å². The molecule has 1 aliphatic rings. The van der Waals surface area contributed by atoms with Gasteiger partial charge in [0.05, 0.1) is 26.4 Å². The molecule has 0 fully saturated rings. The molecule has 0 atom stereocenters. The van der Waals surface area contributed by atoms with Crippen molar-refractivity contribution >= 4 is 16.9 Å². The zero-order valence-electron chi connectivity index (χ0n) is 18.0. The number of nitrogens with zero attached hydrogens (tertiary/aromatic N) is 1. The molecule has 0 spiro atoms. The fourth-order valence-corrected chi connectivity index (χ4v) is 4.35. The van der Waals surface area contributed by atoms with Crippen LogP contribution in [0.25, 0.3) is 10.9 Å². The lowest BCUT2D eigenvalue weighted by Crippen LogP contribution is -2.30. The highest BCUT2D eigenvalue weighted by molar-refractivity contribution is 6.07. The molecule has 1 aromatic heterocycles. The molecular formula is C24H28N2O4. The normalized spacial score (nSPS) is 13.9. The van der Waals surface area contributed by atoms with Crippen LogP contribution < -0.4 is 9.47 Å². The lowest BCUT2D eigenvalue weighted by atomic mass is 9.97. The molecule has 0 saturated heterocycles. The smallest absolute Gasteiger partial charge is 0.340 e. The van der Waals surface area contributed by atoms with Crippen LogP contribution >= 0.6 is 0 Å². The quantitative estimate of drug-likeness (QED) is 0.619. The third-order valence-corrected chi connectivity index (χ3v) is 5.80. The summed E-state index contributed by atoms with van der Waals surface area (Å²) >= 11 is 0. The average molecular weight is 408 g/mol. The monoisotopic (exact) mass is 408 g/mol. The Morgan fingerprint density at radius 2 is 1.97 bits per heavy atom. The van der Waals surface area contributed by atoms with Gasteiger partial charge in [0, 0.05) is 41.8 Å².